The molecule has 0 atom stereocenters. The van der Waals surface area contributed by atoms with Crippen LogP contribution in [0.5, 0.6) is 5.75 Å². The van der Waals surface area contributed by atoms with E-state index in [-0.39, 0.29) is 23.8 Å². The van der Waals surface area contributed by atoms with Gasteiger partial charge in [0.2, 0.25) is 5.91 Å². The van der Waals surface area contributed by atoms with Crippen LogP contribution < -0.4 is 10.1 Å². The van der Waals surface area contributed by atoms with Crippen LogP contribution in [0.1, 0.15) is 12.0 Å². The molecule has 1 aromatic heterocycles. The van der Waals surface area contributed by atoms with E-state index in [4.69, 9.17) is 0 Å². The summed E-state index contributed by atoms with van der Waals surface area (Å²) in [6, 6.07) is 14.0. The Morgan fingerprint density at radius 1 is 1.12 bits per heavy atom. The molecule has 3 aromatic rings. The average molecular weight is 330 g/mol. The van der Waals surface area contributed by atoms with Crippen LogP contribution in [0.2, 0.25) is 0 Å². The minimum atomic E-state index is -2.94. The number of amides is 1. The second kappa shape index (κ2) is 7.12. The monoisotopic (exact) mass is 330 g/mol. The molecule has 124 valence electrons. The van der Waals surface area contributed by atoms with Gasteiger partial charge in [0.25, 0.3) is 0 Å². The maximum Gasteiger partial charge on any atom is 0.387 e. The topological polar surface area (TPSA) is 54.1 Å². The third-order valence-electron chi connectivity index (χ3n) is 3.67. The van der Waals surface area contributed by atoms with Gasteiger partial charge >= 0.3 is 6.61 Å². The van der Waals surface area contributed by atoms with E-state index < -0.39 is 6.61 Å². The highest BCUT2D eigenvalue weighted by Crippen LogP contribution is 2.26. The van der Waals surface area contributed by atoms with E-state index in [1.54, 1.807) is 12.1 Å². The SMILES string of the molecule is O=C(CCc1c[nH]c2ccccc12)Nc1ccccc1OC(F)F. The molecule has 4 nitrogen and oxygen atoms in total. The first kappa shape index (κ1) is 16.0. The van der Waals surface area contributed by atoms with Crippen molar-refractivity contribution in [1.29, 1.82) is 0 Å². The molecule has 2 aromatic carbocycles. The molecule has 0 aliphatic heterocycles. The molecule has 0 unspecified atom stereocenters. The first-order valence-corrected chi connectivity index (χ1v) is 7.52. The summed E-state index contributed by atoms with van der Waals surface area (Å²) in [6.45, 7) is -2.94. The van der Waals surface area contributed by atoms with E-state index in [1.165, 1.54) is 12.1 Å². The van der Waals surface area contributed by atoms with Crippen LogP contribution in [0.4, 0.5) is 14.5 Å². The quantitative estimate of drug-likeness (QED) is 0.706. The van der Waals surface area contributed by atoms with E-state index in [0.29, 0.717) is 6.42 Å². The average Bonchev–Trinajstić information content (AvgIpc) is 2.98. The Labute approximate surface area is 137 Å². The highest BCUT2D eigenvalue weighted by atomic mass is 19.3. The summed E-state index contributed by atoms with van der Waals surface area (Å²) in [6.07, 6.45) is 2.67. The van der Waals surface area contributed by atoms with Gasteiger partial charge in [0.15, 0.2) is 0 Å². The number of benzene rings is 2. The number of hydrogen-bond acceptors (Lipinski definition) is 2. The minimum Gasteiger partial charge on any atom is -0.433 e. The van der Waals surface area contributed by atoms with Crippen LogP contribution >= 0.6 is 0 Å². The van der Waals surface area contributed by atoms with Gasteiger partial charge in [-0.3, -0.25) is 4.79 Å². The number of aryl methyl sites for hydroxylation is 1. The van der Waals surface area contributed by atoms with E-state index >= 15 is 0 Å². The molecule has 0 fully saturated rings. The normalized spacial score (nSPS) is 11.0. The van der Waals surface area contributed by atoms with Crippen molar-refractivity contribution in [2.75, 3.05) is 5.32 Å². The zero-order valence-corrected chi connectivity index (χ0v) is 12.8. The fourth-order valence-corrected chi connectivity index (χ4v) is 2.57. The number of anilines is 1. The Kier molecular flexibility index (Phi) is 4.74. The van der Waals surface area contributed by atoms with E-state index in [9.17, 15) is 13.6 Å². The summed E-state index contributed by atoms with van der Waals surface area (Å²) in [5, 5.41) is 3.69. The summed E-state index contributed by atoms with van der Waals surface area (Å²) in [5.74, 6) is -0.307. The highest BCUT2D eigenvalue weighted by molar-refractivity contribution is 5.93. The zero-order chi connectivity index (χ0) is 16.9. The first-order chi connectivity index (χ1) is 11.6. The molecule has 2 N–H and O–H groups in total. The summed E-state index contributed by atoms with van der Waals surface area (Å²) in [5.41, 5.74) is 2.29. The Morgan fingerprint density at radius 3 is 2.71 bits per heavy atom. The number of ether oxygens (including phenoxy) is 1. The van der Waals surface area contributed by atoms with Crippen LogP contribution in [0.25, 0.3) is 10.9 Å². The summed E-state index contributed by atoms with van der Waals surface area (Å²) in [4.78, 5) is 15.3. The van der Waals surface area contributed by atoms with Crippen molar-refractivity contribution in [3.8, 4) is 5.75 Å². The van der Waals surface area contributed by atoms with Crippen LogP contribution in [0.3, 0.4) is 0 Å². The third kappa shape index (κ3) is 3.71. The Hall–Kier alpha value is -2.89. The molecule has 1 heterocycles. The number of carbonyl (C=O) groups is 1. The number of hydrogen-bond donors (Lipinski definition) is 2. The Bertz CT molecular complexity index is 846. The second-order valence-corrected chi connectivity index (χ2v) is 5.28. The number of nitrogens with one attached hydrogen (secondary N) is 2. The zero-order valence-electron chi connectivity index (χ0n) is 12.8. The van der Waals surface area contributed by atoms with E-state index in [1.807, 2.05) is 30.5 Å². The van der Waals surface area contributed by atoms with Gasteiger partial charge in [0.1, 0.15) is 5.75 Å². The first-order valence-electron chi connectivity index (χ1n) is 7.52. The number of aromatic amines is 1. The summed E-state index contributed by atoms with van der Waals surface area (Å²) >= 11 is 0. The fourth-order valence-electron chi connectivity index (χ4n) is 2.57. The van der Waals surface area contributed by atoms with Crippen LogP contribution in [-0.2, 0) is 11.2 Å². The molecule has 24 heavy (non-hydrogen) atoms. The molecule has 3 rings (SSSR count). The predicted octanol–water partition coefficient (Wildman–Crippen LogP) is 4.34. The van der Waals surface area contributed by atoms with Crippen LogP contribution in [0.15, 0.2) is 54.7 Å². The van der Waals surface area contributed by atoms with Crippen molar-refractivity contribution in [2.24, 2.45) is 0 Å². The van der Waals surface area contributed by atoms with Gasteiger partial charge in [0, 0.05) is 23.5 Å². The molecular formula is C18H16F2N2O2. The van der Waals surface area contributed by atoms with Gasteiger partial charge in [-0.1, -0.05) is 30.3 Å². The number of rotatable bonds is 6. The minimum absolute atomic E-state index is 0.0482. The van der Waals surface area contributed by atoms with Gasteiger partial charge in [-0.05, 0) is 30.2 Å². The number of alkyl halides is 2. The molecule has 0 bridgehead atoms. The Morgan fingerprint density at radius 2 is 1.88 bits per heavy atom. The number of H-pyrrole nitrogens is 1. The smallest absolute Gasteiger partial charge is 0.387 e. The fraction of sp³-hybridized carbons (Fsp3) is 0.167. The molecule has 0 aliphatic carbocycles. The lowest BCUT2D eigenvalue weighted by molar-refractivity contribution is -0.116. The van der Waals surface area contributed by atoms with Crippen LogP contribution in [-0.4, -0.2) is 17.5 Å². The van der Waals surface area contributed by atoms with Gasteiger partial charge in [-0.25, -0.2) is 0 Å². The largest absolute Gasteiger partial charge is 0.433 e. The van der Waals surface area contributed by atoms with Gasteiger partial charge < -0.3 is 15.0 Å². The van der Waals surface area contributed by atoms with Crippen molar-refractivity contribution in [3.05, 3.63) is 60.3 Å². The number of para-hydroxylation sites is 3. The Balaban J connectivity index is 1.64. The van der Waals surface area contributed by atoms with Crippen molar-refractivity contribution in [1.82, 2.24) is 4.98 Å². The molecule has 0 saturated heterocycles. The van der Waals surface area contributed by atoms with E-state index in [2.05, 4.69) is 15.0 Å². The lowest BCUT2D eigenvalue weighted by atomic mass is 10.1. The predicted molar refractivity (Wildman–Crippen MR) is 88.3 cm³/mol. The lowest BCUT2D eigenvalue weighted by Crippen LogP contribution is -2.14. The molecule has 0 saturated carbocycles. The van der Waals surface area contributed by atoms with Gasteiger partial charge in [-0.15, -0.1) is 0 Å². The third-order valence-corrected chi connectivity index (χ3v) is 3.67. The van der Waals surface area contributed by atoms with Gasteiger partial charge in [-0.2, -0.15) is 8.78 Å². The molecule has 0 spiro atoms. The van der Waals surface area contributed by atoms with E-state index in [0.717, 1.165) is 16.5 Å². The maximum atomic E-state index is 12.4. The maximum absolute atomic E-state index is 12.4. The molecule has 0 aliphatic rings. The standard InChI is InChI=1S/C18H16F2N2O2/c19-18(20)24-16-8-4-3-7-15(16)22-17(23)10-9-12-11-21-14-6-2-1-5-13(12)14/h1-8,11,18,21H,9-10H2,(H,22,23). The number of fused-ring (bicyclic) bond motifs is 1. The van der Waals surface area contributed by atoms with Crippen molar-refractivity contribution in [3.63, 3.8) is 0 Å². The van der Waals surface area contributed by atoms with Crippen molar-refractivity contribution < 1.29 is 18.3 Å². The summed E-state index contributed by atoms with van der Waals surface area (Å²) < 4.78 is 29.2. The number of aromatic nitrogens is 1. The van der Waals surface area contributed by atoms with Crippen molar-refractivity contribution >= 4 is 22.5 Å². The van der Waals surface area contributed by atoms with Crippen LogP contribution in [0, 0.1) is 0 Å². The second-order valence-electron chi connectivity index (χ2n) is 5.28. The van der Waals surface area contributed by atoms with Gasteiger partial charge in [0.05, 0.1) is 5.69 Å². The summed E-state index contributed by atoms with van der Waals surface area (Å²) in [7, 11) is 0. The number of carbonyl (C=O) groups excluding carboxylic acids is 1. The lowest BCUT2D eigenvalue weighted by Gasteiger charge is -2.11. The number of halogens is 2. The molecule has 0 radical (unpaired) electrons. The molecular weight excluding hydrogens is 314 g/mol. The van der Waals surface area contributed by atoms with Crippen molar-refractivity contribution in [2.45, 2.75) is 19.5 Å². The highest BCUT2D eigenvalue weighted by Gasteiger charge is 2.12. The molecule has 6 heteroatoms. The molecule has 1 amide bonds.